The average Bonchev–Trinajstić information content (AvgIpc) is 3.21. The molecule has 0 amide bonds. The summed E-state index contributed by atoms with van der Waals surface area (Å²) in [5, 5.41) is 2.43. The minimum atomic E-state index is -0.157. The van der Waals surface area contributed by atoms with E-state index in [1.807, 2.05) is 12.3 Å². The molecule has 2 aromatic carbocycles. The molecule has 2 aliphatic rings. The molecule has 1 aromatic heterocycles. The lowest BCUT2D eigenvalue weighted by atomic mass is 10.1. The number of piperazine rings is 1. The molecule has 3 aromatic rings. The largest absolute Gasteiger partial charge is 0.361 e. The van der Waals surface area contributed by atoms with Crippen LogP contribution in [0.5, 0.6) is 0 Å². The van der Waals surface area contributed by atoms with Crippen molar-refractivity contribution in [2.24, 2.45) is 0 Å². The number of hydrogen-bond acceptors (Lipinski definition) is 4. The van der Waals surface area contributed by atoms with E-state index in [4.69, 9.17) is 0 Å². The Hall–Kier alpha value is -1.47. The number of nitrogens with zero attached hydrogens (tertiary/aromatic N) is 2. The number of rotatable bonds is 6. The van der Waals surface area contributed by atoms with Crippen LogP contribution in [-0.4, -0.2) is 69.6 Å². The Morgan fingerprint density at radius 2 is 1.81 bits per heavy atom. The molecular weight excluding hydrogens is 425 g/mol. The van der Waals surface area contributed by atoms with Gasteiger partial charge < -0.3 is 9.88 Å². The molecule has 2 saturated heterocycles. The second-order valence-corrected chi connectivity index (χ2v) is 11.1. The van der Waals surface area contributed by atoms with Crippen LogP contribution in [-0.2, 0) is 12.8 Å². The molecule has 1 N–H and O–H groups in total. The Balaban J connectivity index is 1.06. The smallest absolute Gasteiger partial charge is 0.123 e. The first-order chi connectivity index (χ1) is 15.2. The number of aromatic nitrogens is 1. The number of aromatic amines is 1. The average molecular weight is 456 g/mol. The number of fused-ring (bicyclic) bond motifs is 1. The summed E-state index contributed by atoms with van der Waals surface area (Å²) in [6, 6.07) is 15.9. The van der Waals surface area contributed by atoms with E-state index in [1.54, 1.807) is 6.07 Å². The van der Waals surface area contributed by atoms with Crippen molar-refractivity contribution < 1.29 is 4.39 Å². The lowest BCUT2D eigenvalue weighted by Crippen LogP contribution is -2.51. The van der Waals surface area contributed by atoms with E-state index >= 15 is 0 Å². The van der Waals surface area contributed by atoms with Crippen molar-refractivity contribution >= 4 is 34.4 Å². The Kier molecular flexibility index (Phi) is 6.89. The van der Waals surface area contributed by atoms with Crippen LogP contribution < -0.4 is 0 Å². The monoisotopic (exact) mass is 455 g/mol. The van der Waals surface area contributed by atoms with Crippen molar-refractivity contribution in [3.05, 3.63) is 71.7 Å². The Morgan fingerprint density at radius 1 is 0.968 bits per heavy atom. The fraction of sp³-hybridized carbons (Fsp3) is 0.440. The van der Waals surface area contributed by atoms with Crippen molar-refractivity contribution in [1.29, 1.82) is 0 Å². The van der Waals surface area contributed by atoms with Gasteiger partial charge in [-0.15, -0.1) is 11.8 Å². The number of thioether (sulfide) groups is 2. The molecular formula is C25H30FN3S2. The molecule has 0 radical (unpaired) electrons. The topological polar surface area (TPSA) is 22.3 Å². The molecule has 5 rings (SSSR count). The highest BCUT2D eigenvalue weighted by Crippen LogP contribution is 2.34. The summed E-state index contributed by atoms with van der Waals surface area (Å²) in [5.41, 5.74) is 3.71. The van der Waals surface area contributed by atoms with Crippen LogP contribution >= 0.6 is 23.5 Å². The maximum absolute atomic E-state index is 13.6. The zero-order valence-corrected chi connectivity index (χ0v) is 19.4. The summed E-state index contributed by atoms with van der Waals surface area (Å²) in [7, 11) is 0. The molecule has 0 spiro atoms. The summed E-state index contributed by atoms with van der Waals surface area (Å²) in [4.78, 5) is 8.52. The molecule has 6 heteroatoms. The number of benzene rings is 2. The van der Waals surface area contributed by atoms with E-state index in [1.165, 1.54) is 35.1 Å². The van der Waals surface area contributed by atoms with Gasteiger partial charge >= 0.3 is 0 Å². The van der Waals surface area contributed by atoms with Gasteiger partial charge in [-0.3, -0.25) is 4.90 Å². The van der Waals surface area contributed by atoms with E-state index in [0.29, 0.717) is 5.37 Å². The van der Waals surface area contributed by atoms with Gasteiger partial charge in [-0.05, 0) is 42.2 Å². The first-order valence-corrected chi connectivity index (χ1v) is 13.3. The minimum Gasteiger partial charge on any atom is -0.361 e. The highest BCUT2D eigenvalue weighted by atomic mass is 32.2. The highest BCUT2D eigenvalue weighted by Gasteiger charge is 2.29. The first kappa shape index (κ1) is 21.4. The van der Waals surface area contributed by atoms with Crippen molar-refractivity contribution in [3.63, 3.8) is 0 Å². The maximum Gasteiger partial charge on any atom is 0.123 e. The van der Waals surface area contributed by atoms with Gasteiger partial charge in [-0.2, -0.15) is 11.8 Å². The molecule has 3 nitrogen and oxygen atoms in total. The summed E-state index contributed by atoms with van der Waals surface area (Å²) in [5.74, 6) is 2.33. The van der Waals surface area contributed by atoms with Crippen molar-refractivity contribution in [1.82, 2.24) is 14.8 Å². The molecule has 0 aliphatic carbocycles. The van der Waals surface area contributed by atoms with Crippen LogP contribution in [0.15, 0.2) is 54.7 Å². The van der Waals surface area contributed by atoms with Gasteiger partial charge in [-0.1, -0.05) is 30.3 Å². The van der Waals surface area contributed by atoms with E-state index in [-0.39, 0.29) is 5.82 Å². The maximum atomic E-state index is 13.6. The van der Waals surface area contributed by atoms with Gasteiger partial charge in [0.05, 0.1) is 5.37 Å². The van der Waals surface area contributed by atoms with E-state index in [2.05, 4.69) is 68.6 Å². The second-order valence-electron chi connectivity index (χ2n) is 8.56. The van der Waals surface area contributed by atoms with Crippen LogP contribution in [0.1, 0.15) is 11.1 Å². The third-order valence-corrected chi connectivity index (χ3v) is 9.68. The zero-order chi connectivity index (χ0) is 21.0. The summed E-state index contributed by atoms with van der Waals surface area (Å²) in [6.45, 7) is 5.62. The second kappa shape index (κ2) is 9.99. The van der Waals surface area contributed by atoms with Crippen LogP contribution in [0, 0.1) is 5.82 Å². The Morgan fingerprint density at radius 3 is 2.58 bits per heavy atom. The molecule has 164 valence electrons. The number of halogens is 1. The fourth-order valence-corrected chi connectivity index (χ4v) is 7.83. The van der Waals surface area contributed by atoms with Gasteiger partial charge in [0, 0.05) is 66.6 Å². The van der Waals surface area contributed by atoms with E-state index < -0.39 is 0 Å². The van der Waals surface area contributed by atoms with Gasteiger partial charge in [0.15, 0.2) is 0 Å². The van der Waals surface area contributed by atoms with Gasteiger partial charge in [0.1, 0.15) is 5.82 Å². The fourth-order valence-electron chi connectivity index (χ4n) is 4.65. The van der Waals surface area contributed by atoms with Crippen molar-refractivity contribution in [2.75, 3.05) is 44.2 Å². The standard InChI is InChI=1S/C25H30FN3S2/c26-21-6-7-24-23(15-21)20(16-27-24)8-9-28-10-12-29(13-11-28)25-18-30-22(17-31-25)14-19-4-2-1-3-5-19/h1-7,15-16,22,25,27H,8-14,17-18H2. The molecule has 2 fully saturated rings. The molecule has 2 atom stereocenters. The van der Waals surface area contributed by atoms with Gasteiger partial charge in [0.25, 0.3) is 0 Å². The SMILES string of the molecule is Fc1ccc2[nH]cc(CCN3CCN(C4CSC(Cc5ccccc5)CS4)CC3)c2c1. The predicted molar refractivity (Wildman–Crippen MR) is 133 cm³/mol. The third kappa shape index (κ3) is 5.30. The third-order valence-electron chi connectivity index (χ3n) is 6.50. The Bertz CT molecular complexity index is 977. The lowest BCUT2D eigenvalue weighted by Gasteiger charge is -2.41. The lowest BCUT2D eigenvalue weighted by molar-refractivity contribution is 0.130. The molecule has 2 unspecified atom stereocenters. The predicted octanol–water partition coefficient (Wildman–Crippen LogP) is 4.88. The molecule has 31 heavy (non-hydrogen) atoms. The molecule has 3 heterocycles. The van der Waals surface area contributed by atoms with E-state index in [0.717, 1.165) is 55.3 Å². The summed E-state index contributed by atoms with van der Waals surface area (Å²) in [6.07, 6.45) is 4.21. The number of H-pyrrole nitrogens is 1. The van der Waals surface area contributed by atoms with Crippen LogP contribution in [0.3, 0.4) is 0 Å². The van der Waals surface area contributed by atoms with Crippen LogP contribution in [0.4, 0.5) is 4.39 Å². The summed E-state index contributed by atoms with van der Waals surface area (Å²) < 4.78 is 13.6. The molecule has 2 aliphatic heterocycles. The van der Waals surface area contributed by atoms with Gasteiger partial charge in [-0.25, -0.2) is 4.39 Å². The number of hydrogen-bond donors (Lipinski definition) is 1. The van der Waals surface area contributed by atoms with Crippen LogP contribution in [0.2, 0.25) is 0 Å². The Labute approximate surface area is 192 Å². The molecule has 0 bridgehead atoms. The van der Waals surface area contributed by atoms with Crippen molar-refractivity contribution in [3.8, 4) is 0 Å². The summed E-state index contributed by atoms with van der Waals surface area (Å²) >= 11 is 4.32. The van der Waals surface area contributed by atoms with Crippen molar-refractivity contribution in [2.45, 2.75) is 23.5 Å². The normalized spacial score (nSPS) is 23.4. The highest BCUT2D eigenvalue weighted by molar-refractivity contribution is 8.07. The zero-order valence-electron chi connectivity index (χ0n) is 17.8. The van der Waals surface area contributed by atoms with Gasteiger partial charge in [0.2, 0.25) is 0 Å². The number of nitrogens with one attached hydrogen (secondary N) is 1. The van der Waals surface area contributed by atoms with E-state index in [9.17, 15) is 4.39 Å². The quantitative estimate of drug-likeness (QED) is 0.572. The molecule has 0 saturated carbocycles. The first-order valence-electron chi connectivity index (χ1n) is 11.2. The minimum absolute atomic E-state index is 0.157. The van der Waals surface area contributed by atoms with Crippen LogP contribution in [0.25, 0.3) is 10.9 Å².